The monoisotopic (exact) mass is 379 g/mol. The summed E-state index contributed by atoms with van der Waals surface area (Å²) in [4.78, 5) is 26.2. The summed E-state index contributed by atoms with van der Waals surface area (Å²) in [6.45, 7) is 1.28. The molecule has 146 valence electrons. The molecule has 0 bridgehead atoms. The number of carbonyl (C=O) groups excluding carboxylic acids is 2. The van der Waals surface area contributed by atoms with Crippen LogP contribution < -0.4 is 20.3 Å². The summed E-state index contributed by atoms with van der Waals surface area (Å²) >= 11 is 0. The van der Waals surface area contributed by atoms with E-state index >= 15 is 0 Å². The van der Waals surface area contributed by atoms with Crippen molar-refractivity contribution in [3.63, 3.8) is 0 Å². The maximum Gasteiger partial charge on any atom is 0.321 e. The van der Waals surface area contributed by atoms with Crippen LogP contribution in [0.25, 0.3) is 0 Å². The van der Waals surface area contributed by atoms with Gasteiger partial charge in [0.25, 0.3) is 0 Å². The van der Waals surface area contributed by atoms with Gasteiger partial charge in [0.1, 0.15) is 5.75 Å². The molecular weight excluding hydrogens is 354 g/mol. The number of fused-ring (bicyclic) bond motifs is 1. The van der Waals surface area contributed by atoms with E-state index in [0.717, 1.165) is 30.7 Å². The number of nitrogens with one attached hydrogen (secondary N) is 2. The zero-order chi connectivity index (χ0) is 19.5. The molecule has 6 heteroatoms. The van der Waals surface area contributed by atoms with Crippen LogP contribution in [0.4, 0.5) is 16.2 Å². The molecule has 2 N–H and O–H groups in total. The molecule has 1 heterocycles. The first-order chi connectivity index (χ1) is 13.6. The third-order valence-electron chi connectivity index (χ3n) is 5.52. The van der Waals surface area contributed by atoms with Gasteiger partial charge in [0.15, 0.2) is 0 Å². The SMILES string of the molecule is COc1ccc2c(c1)CCCC2CC(=O)Nc1cccc(N2CCNC2=O)c1. The molecule has 0 saturated carbocycles. The molecule has 1 aliphatic carbocycles. The number of carbonyl (C=O) groups is 2. The molecule has 1 aliphatic heterocycles. The molecule has 2 aromatic carbocycles. The Morgan fingerprint density at radius 3 is 2.96 bits per heavy atom. The first kappa shape index (κ1) is 18.3. The molecule has 0 radical (unpaired) electrons. The van der Waals surface area contributed by atoms with E-state index in [1.807, 2.05) is 30.3 Å². The van der Waals surface area contributed by atoms with Gasteiger partial charge in [-0.1, -0.05) is 12.1 Å². The van der Waals surface area contributed by atoms with Gasteiger partial charge < -0.3 is 15.4 Å². The molecule has 6 nitrogen and oxygen atoms in total. The second kappa shape index (κ2) is 7.92. The average Bonchev–Trinajstić information content (AvgIpc) is 3.14. The highest BCUT2D eigenvalue weighted by Gasteiger charge is 2.24. The third-order valence-corrected chi connectivity index (χ3v) is 5.52. The van der Waals surface area contributed by atoms with Crippen molar-refractivity contribution < 1.29 is 14.3 Å². The summed E-state index contributed by atoms with van der Waals surface area (Å²) in [6, 6.07) is 13.5. The van der Waals surface area contributed by atoms with E-state index in [0.29, 0.717) is 25.2 Å². The van der Waals surface area contributed by atoms with Crippen molar-refractivity contribution in [2.45, 2.75) is 31.6 Å². The van der Waals surface area contributed by atoms with Crippen molar-refractivity contribution in [1.82, 2.24) is 5.32 Å². The third kappa shape index (κ3) is 3.81. The van der Waals surface area contributed by atoms with Gasteiger partial charge in [0, 0.05) is 30.9 Å². The second-order valence-corrected chi connectivity index (χ2v) is 7.34. The number of benzene rings is 2. The van der Waals surface area contributed by atoms with Crippen LogP contribution in [0.3, 0.4) is 0 Å². The molecule has 1 atom stereocenters. The van der Waals surface area contributed by atoms with Crippen LogP contribution in [0.1, 0.15) is 36.3 Å². The smallest absolute Gasteiger partial charge is 0.321 e. The van der Waals surface area contributed by atoms with Crippen LogP contribution in [0.2, 0.25) is 0 Å². The number of anilines is 2. The molecule has 28 heavy (non-hydrogen) atoms. The Kier molecular flexibility index (Phi) is 5.19. The van der Waals surface area contributed by atoms with Gasteiger partial charge in [-0.2, -0.15) is 0 Å². The summed E-state index contributed by atoms with van der Waals surface area (Å²) in [6.07, 6.45) is 3.58. The van der Waals surface area contributed by atoms with Crippen LogP contribution in [0, 0.1) is 0 Å². The van der Waals surface area contributed by atoms with Gasteiger partial charge in [-0.15, -0.1) is 0 Å². The minimum absolute atomic E-state index is 0.00306. The number of aryl methyl sites for hydroxylation is 1. The number of urea groups is 1. The lowest BCUT2D eigenvalue weighted by Crippen LogP contribution is -2.27. The fourth-order valence-electron chi connectivity index (χ4n) is 4.14. The first-order valence-corrected chi connectivity index (χ1v) is 9.76. The maximum absolute atomic E-state index is 12.7. The quantitative estimate of drug-likeness (QED) is 0.833. The summed E-state index contributed by atoms with van der Waals surface area (Å²) in [5, 5.41) is 5.79. The predicted molar refractivity (Wildman–Crippen MR) is 109 cm³/mol. The Hall–Kier alpha value is -3.02. The Balaban J connectivity index is 1.44. The zero-order valence-electron chi connectivity index (χ0n) is 16.0. The summed E-state index contributed by atoms with van der Waals surface area (Å²) in [5.41, 5.74) is 4.05. The molecule has 1 fully saturated rings. The second-order valence-electron chi connectivity index (χ2n) is 7.34. The van der Waals surface area contributed by atoms with Gasteiger partial charge in [-0.3, -0.25) is 9.69 Å². The van der Waals surface area contributed by atoms with E-state index in [4.69, 9.17) is 4.74 Å². The zero-order valence-corrected chi connectivity index (χ0v) is 16.0. The number of hydrogen-bond acceptors (Lipinski definition) is 3. The van der Waals surface area contributed by atoms with E-state index in [1.165, 1.54) is 11.1 Å². The molecule has 2 aromatic rings. The van der Waals surface area contributed by atoms with Crippen LogP contribution >= 0.6 is 0 Å². The largest absolute Gasteiger partial charge is 0.497 e. The molecule has 0 spiro atoms. The topological polar surface area (TPSA) is 70.7 Å². The number of rotatable bonds is 5. The fourth-order valence-corrected chi connectivity index (χ4v) is 4.14. The molecular formula is C22H25N3O3. The summed E-state index contributed by atoms with van der Waals surface area (Å²) in [7, 11) is 1.68. The van der Waals surface area contributed by atoms with E-state index in [-0.39, 0.29) is 17.9 Å². The average molecular weight is 379 g/mol. The highest BCUT2D eigenvalue weighted by Crippen LogP contribution is 2.36. The normalized spacial score (nSPS) is 18.4. The van der Waals surface area contributed by atoms with Gasteiger partial charge in [-0.05, 0) is 66.6 Å². The molecule has 0 aromatic heterocycles. The van der Waals surface area contributed by atoms with Crippen LogP contribution in [-0.4, -0.2) is 32.1 Å². The van der Waals surface area contributed by atoms with Gasteiger partial charge >= 0.3 is 6.03 Å². The lowest BCUT2D eigenvalue weighted by Gasteiger charge is -2.25. The lowest BCUT2D eigenvalue weighted by atomic mass is 9.81. The van der Waals surface area contributed by atoms with Gasteiger partial charge in [0.05, 0.1) is 7.11 Å². The lowest BCUT2D eigenvalue weighted by molar-refractivity contribution is -0.116. The number of hydrogen-bond donors (Lipinski definition) is 2. The fraction of sp³-hybridized carbons (Fsp3) is 0.364. The molecule has 1 saturated heterocycles. The minimum atomic E-state index is -0.0993. The maximum atomic E-state index is 12.7. The summed E-state index contributed by atoms with van der Waals surface area (Å²) in [5.74, 6) is 1.09. The van der Waals surface area contributed by atoms with Crippen molar-refractivity contribution in [3.05, 3.63) is 53.6 Å². The number of amides is 3. The standard InChI is InChI=1S/C22H25N3O3/c1-28-19-8-9-20-15(12-19)4-2-5-16(20)13-21(26)24-17-6-3-7-18(14-17)25-11-10-23-22(25)27/h3,6-9,12,14,16H,2,4-5,10-11,13H2,1H3,(H,23,27)(H,24,26). The first-order valence-electron chi connectivity index (χ1n) is 9.76. The number of methoxy groups -OCH3 is 1. The van der Waals surface area contributed by atoms with Crippen LogP contribution in [-0.2, 0) is 11.2 Å². The van der Waals surface area contributed by atoms with Gasteiger partial charge in [-0.25, -0.2) is 4.79 Å². The van der Waals surface area contributed by atoms with E-state index in [1.54, 1.807) is 12.0 Å². The molecule has 3 amide bonds. The van der Waals surface area contributed by atoms with Crippen molar-refractivity contribution in [1.29, 1.82) is 0 Å². The molecule has 2 aliphatic rings. The highest BCUT2D eigenvalue weighted by atomic mass is 16.5. The van der Waals surface area contributed by atoms with E-state index in [2.05, 4.69) is 22.8 Å². The number of ether oxygens (including phenoxy) is 1. The van der Waals surface area contributed by atoms with E-state index in [9.17, 15) is 9.59 Å². The Morgan fingerprint density at radius 1 is 1.29 bits per heavy atom. The molecule has 4 rings (SSSR count). The minimum Gasteiger partial charge on any atom is -0.497 e. The van der Waals surface area contributed by atoms with Gasteiger partial charge in [0.2, 0.25) is 5.91 Å². The number of nitrogens with zero attached hydrogens (tertiary/aromatic N) is 1. The Bertz CT molecular complexity index is 896. The Labute approximate surface area is 164 Å². The van der Waals surface area contributed by atoms with Crippen molar-refractivity contribution >= 4 is 23.3 Å². The van der Waals surface area contributed by atoms with Crippen LogP contribution in [0.15, 0.2) is 42.5 Å². The van der Waals surface area contributed by atoms with E-state index < -0.39 is 0 Å². The predicted octanol–water partition coefficient (Wildman–Crippen LogP) is 3.67. The molecule has 1 unspecified atom stereocenters. The summed E-state index contributed by atoms with van der Waals surface area (Å²) < 4.78 is 5.32. The Morgan fingerprint density at radius 2 is 2.18 bits per heavy atom. The van der Waals surface area contributed by atoms with Crippen molar-refractivity contribution in [3.8, 4) is 5.75 Å². The van der Waals surface area contributed by atoms with Crippen molar-refractivity contribution in [2.24, 2.45) is 0 Å². The van der Waals surface area contributed by atoms with Crippen molar-refractivity contribution in [2.75, 3.05) is 30.4 Å². The highest BCUT2D eigenvalue weighted by molar-refractivity contribution is 5.96. The van der Waals surface area contributed by atoms with Crippen LogP contribution in [0.5, 0.6) is 5.75 Å².